The number of carbonyl (C=O) groups excluding carboxylic acids is 2. The molecule has 1 heterocycles. The number of carbonyl (C=O) groups is 2. The van der Waals surface area contributed by atoms with Gasteiger partial charge in [0.15, 0.2) is 0 Å². The maximum atomic E-state index is 12.9. The zero-order valence-electron chi connectivity index (χ0n) is 12.1. The van der Waals surface area contributed by atoms with Crippen LogP contribution in [0.25, 0.3) is 0 Å². The second-order valence-corrected chi connectivity index (χ2v) is 7.19. The summed E-state index contributed by atoms with van der Waals surface area (Å²) in [5, 5.41) is 8.88. The third kappa shape index (κ3) is 1.37. The topological polar surface area (TPSA) is 61.2 Å². The fraction of sp³-hybridized carbons (Fsp3) is 0.500. The lowest BCUT2D eigenvalue weighted by molar-refractivity contribution is -0.129. The van der Waals surface area contributed by atoms with Crippen molar-refractivity contribution in [1.29, 1.82) is 5.26 Å². The van der Waals surface area contributed by atoms with Crippen LogP contribution in [0.15, 0.2) is 24.3 Å². The Kier molecular flexibility index (Phi) is 2.24. The molecule has 1 saturated heterocycles. The maximum Gasteiger partial charge on any atom is 0.237 e. The molecule has 110 valence electrons. The SMILES string of the molecule is N#Cc1ccc(N2C(=O)[C@@H]3[C@@H]4CC[C@@H]([C@H]5C[C@H]54)[C@@H]3C2=O)cc1. The van der Waals surface area contributed by atoms with Gasteiger partial charge in [-0.25, -0.2) is 0 Å². The molecule has 4 heteroatoms. The first-order valence-electron chi connectivity index (χ1n) is 8.08. The molecule has 6 rings (SSSR count). The van der Waals surface area contributed by atoms with E-state index in [1.807, 2.05) is 0 Å². The van der Waals surface area contributed by atoms with Gasteiger partial charge in [-0.3, -0.25) is 14.5 Å². The van der Waals surface area contributed by atoms with E-state index >= 15 is 0 Å². The Morgan fingerprint density at radius 3 is 1.95 bits per heavy atom. The van der Waals surface area contributed by atoms with Crippen molar-refractivity contribution in [2.45, 2.75) is 19.3 Å². The van der Waals surface area contributed by atoms with Gasteiger partial charge in [0.1, 0.15) is 0 Å². The van der Waals surface area contributed by atoms with Crippen molar-refractivity contribution in [3.8, 4) is 6.07 Å². The van der Waals surface area contributed by atoms with E-state index in [0.29, 0.717) is 34.9 Å². The highest BCUT2D eigenvalue weighted by Crippen LogP contribution is 2.68. The Hall–Kier alpha value is -2.15. The maximum absolute atomic E-state index is 12.9. The van der Waals surface area contributed by atoms with Gasteiger partial charge >= 0.3 is 0 Å². The normalized spacial score (nSPS) is 41.1. The molecule has 0 unspecified atom stereocenters. The fourth-order valence-electron chi connectivity index (χ4n) is 5.48. The van der Waals surface area contributed by atoms with Crippen LogP contribution in [-0.4, -0.2) is 11.8 Å². The van der Waals surface area contributed by atoms with Gasteiger partial charge in [-0.2, -0.15) is 5.26 Å². The van der Waals surface area contributed by atoms with E-state index in [0.717, 1.165) is 12.8 Å². The van der Waals surface area contributed by atoms with Crippen molar-refractivity contribution in [1.82, 2.24) is 0 Å². The van der Waals surface area contributed by atoms with E-state index in [-0.39, 0.29) is 23.7 Å². The molecule has 2 bridgehead atoms. The van der Waals surface area contributed by atoms with Crippen molar-refractivity contribution in [2.75, 3.05) is 4.90 Å². The standard InChI is InChI=1S/C18H16N2O2/c19-8-9-1-3-10(4-2-9)20-17(21)15-11-5-6-12(14-7-13(11)14)16(15)18(20)22/h1-4,11-16H,5-7H2/t11-,12+,13+,14-,15-,16+. The summed E-state index contributed by atoms with van der Waals surface area (Å²) in [6.07, 6.45) is 3.47. The summed E-state index contributed by atoms with van der Waals surface area (Å²) in [5.74, 6) is 2.12. The molecule has 4 nitrogen and oxygen atoms in total. The summed E-state index contributed by atoms with van der Waals surface area (Å²) in [6.45, 7) is 0. The molecule has 5 aliphatic rings. The van der Waals surface area contributed by atoms with Crippen LogP contribution in [-0.2, 0) is 9.59 Å². The monoisotopic (exact) mass is 292 g/mol. The van der Waals surface area contributed by atoms with Crippen LogP contribution < -0.4 is 4.90 Å². The van der Waals surface area contributed by atoms with Crippen LogP contribution in [0.1, 0.15) is 24.8 Å². The largest absolute Gasteiger partial charge is 0.274 e. The fourth-order valence-corrected chi connectivity index (χ4v) is 5.48. The molecule has 0 radical (unpaired) electrons. The van der Waals surface area contributed by atoms with Gasteiger partial charge in [-0.1, -0.05) is 0 Å². The molecular weight excluding hydrogens is 276 g/mol. The van der Waals surface area contributed by atoms with Crippen molar-refractivity contribution in [2.24, 2.45) is 35.5 Å². The number of benzene rings is 1. The van der Waals surface area contributed by atoms with Gasteiger partial charge in [0.25, 0.3) is 0 Å². The average molecular weight is 292 g/mol. The summed E-state index contributed by atoms with van der Waals surface area (Å²) >= 11 is 0. The predicted molar refractivity (Wildman–Crippen MR) is 78.4 cm³/mol. The molecule has 22 heavy (non-hydrogen) atoms. The molecule has 0 aromatic heterocycles. The highest BCUT2D eigenvalue weighted by atomic mass is 16.2. The number of nitrogens with zero attached hydrogens (tertiary/aromatic N) is 2. The predicted octanol–water partition coefficient (Wildman–Crippen LogP) is 2.34. The van der Waals surface area contributed by atoms with E-state index in [9.17, 15) is 9.59 Å². The first-order chi connectivity index (χ1) is 10.7. The average Bonchev–Trinajstić information content (AvgIpc) is 3.32. The van der Waals surface area contributed by atoms with Crippen LogP contribution in [0.2, 0.25) is 0 Å². The van der Waals surface area contributed by atoms with Gasteiger partial charge < -0.3 is 0 Å². The Morgan fingerprint density at radius 1 is 0.909 bits per heavy atom. The Morgan fingerprint density at radius 2 is 1.45 bits per heavy atom. The van der Waals surface area contributed by atoms with Crippen LogP contribution in [0.5, 0.6) is 0 Å². The van der Waals surface area contributed by atoms with Crippen molar-refractivity contribution >= 4 is 17.5 Å². The number of anilines is 1. The number of nitriles is 1. The van der Waals surface area contributed by atoms with Crippen LogP contribution in [0.4, 0.5) is 5.69 Å². The highest BCUT2D eigenvalue weighted by molar-refractivity contribution is 6.22. The molecule has 4 saturated carbocycles. The van der Waals surface area contributed by atoms with Crippen molar-refractivity contribution in [3.63, 3.8) is 0 Å². The zero-order chi connectivity index (χ0) is 15.0. The molecule has 6 atom stereocenters. The van der Waals surface area contributed by atoms with E-state index in [2.05, 4.69) is 6.07 Å². The molecule has 0 spiro atoms. The van der Waals surface area contributed by atoms with E-state index in [4.69, 9.17) is 5.26 Å². The first-order valence-corrected chi connectivity index (χ1v) is 8.08. The third-order valence-corrected chi connectivity index (χ3v) is 6.40. The minimum absolute atomic E-state index is 0.000224. The molecule has 0 N–H and O–H groups in total. The van der Waals surface area contributed by atoms with E-state index in [1.165, 1.54) is 11.3 Å². The lowest BCUT2D eigenvalue weighted by Crippen LogP contribution is -2.43. The van der Waals surface area contributed by atoms with E-state index < -0.39 is 0 Å². The summed E-state index contributed by atoms with van der Waals surface area (Å²) < 4.78 is 0. The Balaban J connectivity index is 1.54. The highest BCUT2D eigenvalue weighted by Gasteiger charge is 2.68. The van der Waals surface area contributed by atoms with Crippen LogP contribution in [0.3, 0.4) is 0 Å². The summed E-state index contributed by atoms with van der Waals surface area (Å²) in [4.78, 5) is 27.2. The number of imide groups is 1. The number of fused-ring (bicyclic) bond motifs is 1. The second kappa shape index (κ2) is 3.98. The number of rotatable bonds is 1. The minimum Gasteiger partial charge on any atom is -0.274 e. The third-order valence-electron chi connectivity index (χ3n) is 6.40. The van der Waals surface area contributed by atoms with Gasteiger partial charge in [-0.05, 0) is 67.2 Å². The molecule has 1 aromatic rings. The van der Waals surface area contributed by atoms with Gasteiger partial charge in [0.2, 0.25) is 11.8 Å². The molecule has 5 fully saturated rings. The van der Waals surface area contributed by atoms with Crippen LogP contribution in [0, 0.1) is 46.8 Å². The smallest absolute Gasteiger partial charge is 0.237 e. The lowest BCUT2D eigenvalue weighted by Gasteiger charge is -2.42. The van der Waals surface area contributed by atoms with Crippen LogP contribution >= 0.6 is 0 Å². The van der Waals surface area contributed by atoms with Crippen molar-refractivity contribution in [3.05, 3.63) is 29.8 Å². The zero-order valence-corrected chi connectivity index (χ0v) is 12.1. The first kappa shape index (κ1) is 12.4. The van der Waals surface area contributed by atoms with Crippen molar-refractivity contribution < 1.29 is 9.59 Å². The molecule has 1 aliphatic heterocycles. The molecule has 4 aliphatic carbocycles. The summed E-state index contributed by atoms with van der Waals surface area (Å²) in [6, 6.07) is 8.84. The van der Waals surface area contributed by atoms with Gasteiger partial charge in [0.05, 0.1) is 29.2 Å². The molecule has 2 amide bonds. The van der Waals surface area contributed by atoms with Gasteiger partial charge in [-0.15, -0.1) is 0 Å². The summed E-state index contributed by atoms with van der Waals surface area (Å²) in [5.41, 5.74) is 1.16. The molecule has 1 aromatic carbocycles. The second-order valence-electron chi connectivity index (χ2n) is 7.19. The number of amides is 2. The molecular formula is C18H16N2O2. The minimum atomic E-state index is -0.0781. The lowest BCUT2D eigenvalue weighted by atomic mass is 9.59. The number of hydrogen-bond acceptors (Lipinski definition) is 3. The quantitative estimate of drug-likeness (QED) is 0.746. The Labute approximate surface area is 128 Å². The number of hydrogen-bond donors (Lipinski definition) is 0. The summed E-state index contributed by atoms with van der Waals surface area (Å²) in [7, 11) is 0. The van der Waals surface area contributed by atoms with E-state index in [1.54, 1.807) is 24.3 Å². The Bertz CT molecular complexity index is 698. The van der Waals surface area contributed by atoms with Gasteiger partial charge in [0, 0.05) is 0 Å².